The molecule has 1 amide bonds. The summed E-state index contributed by atoms with van der Waals surface area (Å²) in [5, 5.41) is 0. The predicted octanol–water partition coefficient (Wildman–Crippen LogP) is 3.77. The first-order valence-corrected chi connectivity index (χ1v) is 7.42. The van der Waals surface area contributed by atoms with E-state index in [0.717, 1.165) is 30.0 Å². The maximum Gasteiger partial charge on any atom is 0.270 e. The van der Waals surface area contributed by atoms with Crippen molar-refractivity contribution in [3.63, 3.8) is 0 Å². The first kappa shape index (κ1) is 14.8. The molecule has 110 valence electrons. The second-order valence-corrected chi connectivity index (χ2v) is 6.07. The van der Waals surface area contributed by atoms with Crippen LogP contribution in [0.1, 0.15) is 5.56 Å². The molecular formula is C15H8F2N2OS2. The van der Waals surface area contributed by atoms with E-state index >= 15 is 0 Å². The fourth-order valence-corrected chi connectivity index (χ4v) is 3.23. The lowest BCUT2D eigenvalue weighted by atomic mass is 10.2. The Morgan fingerprint density at radius 3 is 2.82 bits per heavy atom. The van der Waals surface area contributed by atoms with Crippen molar-refractivity contribution in [3.05, 3.63) is 64.8 Å². The summed E-state index contributed by atoms with van der Waals surface area (Å²) >= 11 is 6.22. The summed E-state index contributed by atoms with van der Waals surface area (Å²) in [6.07, 6.45) is 4.39. The Labute approximate surface area is 134 Å². The summed E-state index contributed by atoms with van der Waals surface area (Å²) in [6, 6.07) is 6.45. The monoisotopic (exact) mass is 334 g/mol. The molecule has 0 spiro atoms. The maximum atomic E-state index is 13.7. The SMILES string of the molecule is O=C1/C(=C/c2cc(F)ccc2F)SC(=S)N1c1cccnc1. The van der Waals surface area contributed by atoms with Gasteiger partial charge < -0.3 is 0 Å². The smallest absolute Gasteiger partial charge is 0.268 e. The number of thiocarbonyl (C=S) groups is 1. The van der Waals surface area contributed by atoms with Crippen LogP contribution in [0.15, 0.2) is 47.6 Å². The van der Waals surface area contributed by atoms with E-state index < -0.39 is 11.6 Å². The molecule has 1 fully saturated rings. The fraction of sp³-hybridized carbons (Fsp3) is 0. The lowest BCUT2D eigenvalue weighted by Gasteiger charge is -2.13. The number of halogens is 2. The fourth-order valence-electron chi connectivity index (χ4n) is 1.94. The van der Waals surface area contributed by atoms with Gasteiger partial charge in [0.05, 0.1) is 16.8 Å². The molecule has 0 unspecified atom stereocenters. The van der Waals surface area contributed by atoms with Crippen LogP contribution in [0.2, 0.25) is 0 Å². The van der Waals surface area contributed by atoms with Crippen molar-refractivity contribution in [2.24, 2.45) is 0 Å². The zero-order valence-electron chi connectivity index (χ0n) is 11.0. The van der Waals surface area contributed by atoms with Crippen molar-refractivity contribution >= 4 is 46.0 Å². The number of hydrogen-bond acceptors (Lipinski definition) is 4. The highest BCUT2D eigenvalue weighted by Gasteiger charge is 2.33. The molecule has 3 rings (SSSR count). The number of rotatable bonds is 2. The molecule has 0 bridgehead atoms. The Balaban J connectivity index is 1.97. The van der Waals surface area contributed by atoms with Crippen LogP contribution in [-0.2, 0) is 4.79 Å². The van der Waals surface area contributed by atoms with E-state index in [1.807, 2.05) is 0 Å². The number of benzene rings is 1. The normalized spacial score (nSPS) is 16.6. The summed E-state index contributed by atoms with van der Waals surface area (Å²) < 4.78 is 27.2. The van der Waals surface area contributed by atoms with Crippen molar-refractivity contribution in [1.29, 1.82) is 0 Å². The molecule has 3 nitrogen and oxygen atoms in total. The maximum absolute atomic E-state index is 13.7. The van der Waals surface area contributed by atoms with Gasteiger partial charge in [0.1, 0.15) is 11.6 Å². The van der Waals surface area contributed by atoms with E-state index in [1.165, 1.54) is 17.2 Å². The van der Waals surface area contributed by atoms with Crippen LogP contribution in [0.25, 0.3) is 6.08 Å². The minimum absolute atomic E-state index is 0.00619. The van der Waals surface area contributed by atoms with Crippen LogP contribution in [0, 0.1) is 11.6 Å². The number of amides is 1. The molecule has 1 aromatic carbocycles. The number of carbonyl (C=O) groups is 1. The van der Waals surface area contributed by atoms with E-state index in [4.69, 9.17) is 12.2 Å². The van der Waals surface area contributed by atoms with Crippen LogP contribution in [0.3, 0.4) is 0 Å². The quantitative estimate of drug-likeness (QED) is 0.618. The number of hydrogen-bond donors (Lipinski definition) is 0. The van der Waals surface area contributed by atoms with Gasteiger partial charge in [-0.1, -0.05) is 24.0 Å². The molecule has 0 radical (unpaired) electrons. The minimum atomic E-state index is -0.604. The van der Waals surface area contributed by atoms with Crippen LogP contribution >= 0.6 is 24.0 Å². The second kappa shape index (κ2) is 5.94. The number of aromatic nitrogens is 1. The second-order valence-electron chi connectivity index (χ2n) is 4.39. The van der Waals surface area contributed by atoms with E-state index in [-0.39, 0.29) is 16.4 Å². The average Bonchev–Trinajstić information content (AvgIpc) is 2.78. The van der Waals surface area contributed by atoms with Crippen molar-refractivity contribution < 1.29 is 13.6 Å². The van der Waals surface area contributed by atoms with Crippen LogP contribution in [0.5, 0.6) is 0 Å². The molecule has 7 heteroatoms. The summed E-state index contributed by atoms with van der Waals surface area (Å²) in [5.74, 6) is -1.56. The Hall–Kier alpha value is -2.12. The number of anilines is 1. The Morgan fingerprint density at radius 1 is 1.27 bits per heavy atom. The van der Waals surface area contributed by atoms with Crippen molar-refractivity contribution in [3.8, 4) is 0 Å². The zero-order chi connectivity index (χ0) is 15.7. The molecular weight excluding hydrogens is 326 g/mol. The Bertz CT molecular complexity index is 793. The minimum Gasteiger partial charge on any atom is -0.268 e. The lowest BCUT2D eigenvalue weighted by molar-refractivity contribution is -0.113. The molecule has 0 aliphatic carbocycles. The third-order valence-corrected chi connectivity index (χ3v) is 4.24. The molecule has 2 aromatic rings. The summed E-state index contributed by atoms with van der Waals surface area (Å²) in [7, 11) is 0. The number of carbonyl (C=O) groups excluding carboxylic acids is 1. The topological polar surface area (TPSA) is 33.2 Å². The van der Waals surface area contributed by atoms with Gasteiger partial charge in [-0.2, -0.15) is 0 Å². The van der Waals surface area contributed by atoms with Gasteiger partial charge in [-0.15, -0.1) is 0 Å². The number of pyridine rings is 1. The van der Waals surface area contributed by atoms with E-state index in [2.05, 4.69) is 4.98 Å². The number of nitrogens with zero attached hydrogens (tertiary/aromatic N) is 2. The zero-order valence-corrected chi connectivity index (χ0v) is 12.6. The highest BCUT2D eigenvalue weighted by Crippen LogP contribution is 2.35. The predicted molar refractivity (Wildman–Crippen MR) is 86.2 cm³/mol. The van der Waals surface area contributed by atoms with Crippen LogP contribution in [0.4, 0.5) is 14.5 Å². The lowest BCUT2D eigenvalue weighted by Crippen LogP contribution is -2.27. The molecule has 0 saturated carbocycles. The molecule has 1 saturated heterocycles. The number of thioether (sulfide) groups is 1. The Morgan fingerprint density at radius 2 is 2.09 bits per heavy atom. The molecule has 1 aliphatic heterocycles. The summed E-state index contributed by atoms with van der Waals surface area (Å²) in [6.45, 7) is 0. The molecule has 2 heterocycles. The molecule has 0 atom stereocenters. The first-order valence-electron chi connectivity index (χ1n) is 6.19. The van der Waals surface area contributed by atoms with Crippen molar-refractivity contribution in [2.45, 2.75) is 0 Å². The molecule has 1 aliphatic rings. The standard InChI is InChI=1S/C15H8F2N2OS2/c16-10-3-4-12(17)9(6-10)7-13-14(20)19(15(21)22-13)11-2-1-5-18-8-11/h1-8H/b13-7-. The van der Waals surface area contributed by atoms with E-state index in [1.54, 1.807) is 18.3 Å². The molecule has 1 aromatic heterocycles. The summed E-state index contributed by atoms with van der Waals surface area (Å²) in [4.78, 5) is 17.9. The van der Waals surface area contributed by atoms with Gasteiger partial charge in [0.15, 0.2) is 4.32 Å². The third-order valence-electron chi connectivity index (χ3n) is 2.94. The van der Waals surface area contributed by atoms with Crippen LogP contribution in [-0.4, -0.2) is 15.2 Å². The highest BCUT2D eigenvalue weighted by atomic mass is 32.2. The van der Waals surface area contributed by atoms with Crippen molar-refractivity contribution in [2.75, 3.05) is 4.90 Å². The highest BCUT2D eigenvalue weighted by molar-refractivity contribution is 8.27. The summed E-state index contributed by atoms with van der Waals surface area (Å²) in [5.41, 5.74) is 0.541. The van der Waals surface area contributed by atoms with E-state index in [9.17, 15) is 13.6 Å². The van der Waals surface area contributed by atoms with Crippen molar-refractivity contribution in [1.82, 2.24) is 4.98 Å². The van der Waals surface area contributed by atoms with Gasteiger partial charge in [0, 0.05) is 11.8 Å². The van der Waals surface area contributed by atoms with Gasteiger partial charge in [-0.3, -0.25) is 14.7 Å². The average molecular weight is 334 g/mol. The van der Waals surface area contributed by atoms with Gasteiger partial charge in [-0.05, 0) is 36.4 Å². The Kier molecular flexibility index (Phi) is 4.00. The first-order chi connectivity index (χ1) is 10.6. The van der Waals surface area contributed by atoms with Gasteiger partial charge in [0.25, 0.3) is 5.91 Å². The van der Waals surface area contributed by atoms with Gasteiger partial charge >= 0.3 is 0 Å². The molecule has 22 heavy (non-hydrogen) atoms. The van der Waals surface area contributed by atoms with Gasteiger partial charge in [-0.25, -0.2) is 8.78 Å². The van der Waals surface area contributed by atoms with Crippen LogP contribution < -0.4 is 4.90 Å². The third kappa shape index (κ3) is 2.77. The molecule has 0 N–H and O–H groups in total. The van der Waals surface area contributed by atoms with Gasteiger partial charge in [0.2, 0.25) is 0 Å². The van der Waals surface area contributed by atoms with E-state index in [0.29, 0.717) is 10.0 Å². The largest absolute Gasteiger partial charge is 0.270 e.